The Morgan fingerprint density at radius 1 is 0.565 bits per heavy atom. The quantitative estimate of drug-likeness (QED) is 0.348. The molecule has 4 saturated heterocycles. The molecule has 4 aliphatic heterocycles. The number of aliphatic hydroxyl groups is 2. The van der Waals surface area contributed by atoms with Gasteiger partial charge in [0.05, 0.1) is 48.8 Å². The molecule has 2 radical (unpaired) electrons. The van der Waals surface area contributed by atoms with Crippen LogP contribution in [0, 0.1) is 141 Å². The smallest absolute Gasteiger partial charge is 0.164 e. The van der Waals surface area contributed by atoms with Gasteiger partial charge in [0.2, 0.25) is 0 Å². The first-order chi connectivity index (χ1) is 20.7. The van der Waals surface area contributed by atoms with Crippen LogP contribution in [0.5, 0.6) is 0 Å². The summed E-state index contributed by atoms with van der Waals surface area (Å²) in [5.74, 6) is 1.82. The van der Waals surface area contributed by atoms with Crippen molar-refractivity contribution in [3.63, 3.8) is 0 Å². The van der Waals surface area contributed by atoms with Crippen LogP contribution in [0.1, 0.15) is 89.5 Å². The standard InChI is InChI=1S/C35H62O9.2Ac/c1-13-25-30(18(5)17(4)22(9)38-25)42-33-20(7)27-28(24(11)40-33)35(27,12)44-34-21(8)29(37)31(26(14-36)41-34)43-32-19(6)15(2)16(3)23(10)39-32;;/h15-34,36-37H,13-14H2,1-12H3;;/t15?,16-,17?,18?,19?,20?,21?,22+,23?,24?,25?,26?,27+,28+,29+,30-,31-,32+,33+,34-,35?;;/m0../s1. The van der Waals surface area contributed by atoms with Gasteiger partial charge >= 0.3 is 0 Å². The van der Waals surface area contributed by atoms with Crippen LogP contribution < -0.4 is 0 Å². The SMILES string of the molecule is CCC1O[C@H](C)C(C)C(C)[C@@H]1O[C@H]1OC(C)[C@@H]2[C@@H](C1C)C2(C)O[C@@H]1OC(CO)[C@H](O[C@H]2OC(C)[C@@H](C)C(C)C2C)[C@H](O)C1C.[Ac].[Ac]. The molecule has 0 amide bonds. The molecule has 262 valence electrons. The molecule has 0 aromatic carbocycles. The number of aliphatic hydroxyl groups excluding tert-OH is 2. The Hall–Kier alpha value is 2.52. The third-order valence-corrected chi connectivity index (χ3v) is 13.0. The molecule has 46 heavy (non-hydrogen) atoms. The fourth-order valence-corrected chi connectivity index (χ4v) is 8.98. The number of hydrogen-bond donors (Lipinski definition) is 2. The predicted octanol–water partition coefficient (Wildman–Crippen LogP) is 5.00. The summed E-state index contributed by atoms with van der Waals surface area (Å²) < 4.78 is 45.5. The molecule has 5 fully saturated rings. The summed E-state index contributed by atoms with van der Waals surface area (Å²) >= 11 is 0. The van der Waals surface area contributed by atoms with E-state index in [9.17, 15) is 10.2 Å². The molecule has 5 aliphatic rings. The van der Waals surface area contributed by atoms with Crippen LogP contribution in [0.3, 0.4) is 0 Å². The second-order valence-corrected chi connectivity index (χ2v) is 15.5. The van der Waals surface area contributed by atoms with Gasteiger partial charge in [-0.25, -0.2) is 0 Å². The van der Waals surface area contributed by atoms with Crippen molar-refractivity contribution in [2.24, 2.45) is 53.3 Å². The molecule has 0 aromatic heterocycles. The van der Waals surface area contributed by atoms with Gasteiger partial charge in [-0.1, -0.05) is 55.4 Å². The molecular formula is C35H62Ac2O9. The van der Waals surface area contributed by atoms with Crippen molar-refractivity contribution in [2.75, 3.05) is 6.61 Å². The van der Waals surface area contributed by atoms with Gasteiger partial charge in [-0.05, 0) is 57.8 Å². The van der Waals surface area contributed by atoms with Crippen LogP contribution in [-0.4, -0.2) is 90.1 Å². The molecule has 9 nitrogen and oxygen atoms in total. The Labute approximate surface area is 350 Å². The van der Waals surface area contributed by atoms with E-state index in [0.29, 0.717) is 23.7 Å². The van der Waals surface area contributed by atoms with Crippen molar-refractivity contribution < 1.29 is 131 Å². The average molecular weight is 1080 g/mol. The Bertz CT molecular complexity index is 974. The minimum Gasteiger partial charge on any atom is -0.394 e. The molecule has 1 aliphatic carbocycles. The second kappa shape index (κ2) is 17.1. The van der Waals surface area contributed by atoms with E-state index in [1.165, 1.54) is 0 Å². The first-order valence-corrected chi connectivity index (χ1v) is 17.6. The van der Waals surface area contributed by atoms with E-state index >= 15 is 0 Å². The molecule has 11 heteroatoms. The summed E-state index contributed by atoms with van der Waals surface area (Å²) in [5.41, 5.74) is -0.508. The van der Waals surface area contributed by atoms with Gasteiger partial charge < -0.3 is 43.4 Å². The Morgan fingerprint density at radius 3 is 1.72 bits per heavy atom. The molecule has 1 saturated carbocycles. The molecule has 2 N–H and O–H groups in total. The van der Waals surface area contributed by atoms with Gasteiger partial charge in [0.25, 0.3) is 0 Å². The topological polar surface area (TPSA) is 105 Å². The van der Waals surface area contributed by atoms with E-state index < -0.39 is 36.5 Å². The summed E-state index contributed by atoms with van der Waals surface area (Å²) in [6.45, 7) is 25.5. The van der Waals surface area contributed by atoms with Gasteiger partial charge in [0.1, 0.15) is 12.2 Å². The van der Waals surface area contributed by atoms with Gasteiger partial charge in [-0.3, -0.25) is 0 Å². The van der Waals surface area contributed by atoms with Gasteiger partial charge in [-0.15, -0.1) is 0 Å². The van der Waals surface area contributed by atoms with Crippen molar-refractivity contribution >= 4 is 0 Å². The summed E-state index contributed by atoms with van der Waals surface area (Å²) in [7, 11) is 0. The van der Waals surface area contributed by atoms with E-state index in [-0.39, 0.29) is 161 Å². The molecule has 0 bridgehead atoms. The number of rotatable bonds is 8. The maximum Gasteiger partial charge on any atom is 0.164 e. The Morgan fingerprint density at radius 2 is 1.11 bits per heavy atom. The summed E-state index contributed by atoms with van der Waals surface area (Å²) in [4.78, 5) is 0. The molecule has 0 aromatic rings. The largest absolute Gasteiger partial charge is 0.394 e. The van der Waals surface area contributed by atoms with Crippen molar-refractivity contribution in [3.05, 3.63) is 0 Å². The zero-order valence-corrected chi connectivity index (χ0v) is 39.9. The van der Waals surface area contributed by atoms with E-state index in [0.717, 1.165) is 6.42 Å². The first kappa shape index (κ1) is 42.9. The third kappa shape index (κ3) is 8.04. The fraction of sp³-hybridized carbons (Fsp3) is 1.00. The van der Waals surface area contributed by atoms with Crippen molar-refractivity contribution in [1.82, 2.24) is 0 Å². The predicted molar refractivity (Wildman–Crippen MR) is 165 cm³/mol. The minimum absolute atomic E-state index is 0. The van der Waals surface area contributed by atoms with Crippen molar-refractivity contribution in [1.29, 1.82) is 0 Å². The molecular weight excluding hydrogens is 1020 g/mol. The van der Waals surface area contributed by atoms with Crippen LogP contribution in [-0.2, 0) is 33.2 Å². The van der Waals surface area contributed by atoms with Gasteiger partial charge in [0, 0.05) is 118 Å². The number of fused-ring (bicyclic) bond motifs is 1. The summed E-state index contributed by atoms with van der Waals surface area (Å²) in [6.07, 6.45) is -2.78. The first-order valence-electron chi connectivity index (χ1n) is 17.6. The number of hydrogen-bond acceptors (Lipinski definition) is 9. The van der Waals surface area contributed by atoms with Crippen LogP contribution in [0.15, 0.2) is 0 Å². The van der Waals surface area contributed by atoms with Gasteiger partial charge in [0.15, 0.2) is 18.9 Å². The minimum atomic E-state index is -0.888. The van der Waals surface area contributed by atoms with E-state index in [1.807, 2.05) is 6.92 Å². The van der Waals surface area contributed by atoms with Crippen LogP contribution in [0.4, 0.5) is 0 Å². The van der Waals surface area contributed by atoms with Crippen LogP contribution in [0.2, 0.25) is 0 Å². The Balaban J connectivity index is 0.00000288. The molecule has 11 unspecified atom stereocenters. The van der Waals surface area contributed by atoms with E-state index in [1.54, 1.807) is 0 Å². The van der Waals surface area contributed by atoms with Crippen molar-refractivity contribution in [3.8, 4) is 0 Å². The average Bonchev–Trinajstić information content (AvgIpc) is 3.62. The maximum absolute atomic E-state index is 11.5. The fourth-order valence-electron chi connectivity index (χ4n) is 8.98. The number of ether oxygens (including phenoxy) is 7. The van der Waals surface area contributed by atoms with Crippen LogP contribution in [0.25, 0.3) is 0 Å². The second-order valence-electron chi connectivity index (χ2n) is 15.5. The summed E-state index contributed by atoms with van der Waals surface area (Å²) in [6, 6.07) is 0. The third-order valence-electron chi connectivity index (χ3n) is 13.0. The maximum atomic E-state index is 11.5. The molecule has 0 spiro atoms. The molecule has 5 rings (SSSR count). The molecule has 4 heterocycles. The van der Waals surface area contributed by atoms with Crippen LogP contribution >= 0.6 is 0 Å². The zero-order valence-electron chi connectivity index (χ0n) is 30.4. The Kier molecular flexibility index (Phi) is 16.0. The van der Waals surface area contributed by atoms with E-state index in [2.05, 4.69) is 76.2 Å². The normalized spacial score (nSPS) is 55.4. The molecule has 21 atom stereocenters. The summed E-state index contributed by atoms with van der Waals surface area (Å²) in [5, 5.41) is 21.9. The zero-order chi connectivity index (χ0) is 32.4. The monoisotopic (exact) mass is 1080 g/mol. The van der Waals surface area contributed by atoms with Crippen molar-refractivity contribution in [2.45, 2.75) is 163 Å². The van der Waals surface area contributed by atoms with Gasteiger partial charge in [-0.2, -0.15) is 0 Å². The van der Waals surface area contributed by atoms with E-state index in [4.69, 9.17) is 33.2 Å².